The second-order valence-corrected chi connectivity index (χ2v) is 9.48. The van der Waals surface area contributed by atoms with E-state index in [4.69, 9.17) is 20.2 Å². The molecule has 0 saturated carbocycles. The number of ether oxygens (including phenoxy) is 2. The fourth-order valence-electron chi connectivity index (χ4n) is 3.32. The van der Waals surface area contributed by atoms with Crippen molar-refractivity contribution in [3.63, 3.8) is 0 Å². The molecule has 1 fully saturated rings. The number of benzene rings is 2. The third kappa shape index (κ3) is 5.89. The van der Waals surface area contributed by atoms with Crippen molar-refractivity contribution < 1.29 is 19.1 Å². The zero-order chi connectivity index (χ0) is 24.1. The first-order chi connectivity index (χ1) is 15.7. The summed E-state index contributed by atoms with van der Waals surface area (Å²) >= 11 is 3.47. The Hall–Kier alpha value is -2.53. The van der Waals surface area contributed by atoms with E-state index in [0.29, 0.717) is 34.7 Å². The van der Waals surface area contributed by atoms with Gasteiger partial charge in [0.1, 0.15) is 0 Å². The van der Waals surface area contributed by atoms with Crippen LogP contribution in [0.2, 0.25) is 0 Å². The van der Waals surface area contributed by atoms with E-state index >= 15 is 0 Å². The minimum Gasteiger partial charge on any atom is -0.490 e. The number of amides is 2. The van der Waals surface area contributed by atoms with Crippen LogP contribution < -0.4 is 15.2 Å². The van der Waals surface area contributed by atoms with Crippen molar-refractivity contribution in [2.75, 3.05) is 19.8 Å². The smallest absolute Gasteiger partial charge is 0.266 e. The van der Waals surface area contributed by atoms with Gasteiger partial charge in [0.2, 0.25) is 0 Å². The molecule has 0 spiro atoms. The van der Waals surface area contributed by atoms with Crippen molar-refractivity contribution in [3.05, 3.63) is 55.5 Å². The highest BCUT2D eigenvalue weighted by atomic mass is 127. The lowest BCUT2D eigenvalue weighted by Crippen LogP contribution is -2.28. The molecule has 2 N–H and O–H groups in total. The van der Waals surface area contributed by atoms with E-state index in [1.54, 1.807) is 11.0 Å². The minimum absolute atomic E-state index is 0.0884. The largest absolute Gasteiger partial charge is 0.490 e. The van der Waals surface area contributed by atoms with Gasteiger partial charge in [0.15, 0.2) is 23.3 Å². The molecule has 174 valence electrons. The highest BCUT2D eigenvalue weighted by Crippen LogP contribution is 2.38. The molecule has 2 amide bonds. The second kappa shape index (κ2) is 11.1. The molecule has 0 unspecified atom stereocenters. The van der Waals surface area contributed by atoms with Gasteiger partial charge in [-0.05, 0) is 96.9 Å². The summed E-state index contributed by atoms with van der Waals surface area (Å²) in [4.78, 5) is 31.3. The highest BCUT2D eigenvalue weighted by Gasteiger charge is 2.32. The van der Waals surface area contributed by atoms with Crippen molar-refractivity contribution in [1.82, 2.24) is 4.90 Å². The maximum absolute atomic E-state index is 13.1. The van der Waals surface area contributed by atoms with Gasteiger partial charge >= 0.3 is 0 Å². The number of nitrogens with zero attached hydrogens (tertiary/aromatic N) is 2. The van der Waals surface area contributed by atoms with Gasteiger partial charge < -0.3 is 15.2 Å². The average Bonchev–Trinajstić information content (AvgIpc) is 3.04. The molecule has 0 atom stereocenters. The fraction of sp³-hybridized carbons (Fsp3) is 0.292. The first-order valence-corrected chi connectivity index (χ1v) is 12.4. The zero-order valence-corrected chi connectivity index (χ0v) is 22.0. The van der Waals surface area contributed by atoms with Crippen molar-refractivity contribution in [2.24, 2.45) is 10.7 Å². The summed E-state index contributed by atoms with van der Waals surface area (Å²) in [6, 6.07) is 9.69. The summed E-state index contributed by atoms with van der Waals surface area (Å²) in [6.45, 7) is 8.53. The molecule has 1 aliphatic heterocycles. The molecule has 2 aromatic rings. The predicted octanol–water partition coefficient (Wildman–Crippen LogP) is 4.79. The zero-order valence-electron chi connectivity index (χ0n) is 19.0. The van der Waals surface area contributed by atoms with E-state index in [-0.39, 0.29) is 12.5 Å². The summed E-state index contributed by atoms with van der Waals surface area (Å²) < 4.78 is 12.0. The number of likely N-dealkylation sites (N-methyl/N-ethyl adjacent to an activating group) is 1. The fourth-order valence-corrected chi connectivity index (χ4v) is 5.15. The third-order valence-corrected chi connectivity index (χ3v) is 6.65. The molecule has 7 nitrogen and oxygen atoms in total. The lowest BCUT2D eigenvalue weighted by atomic mass is 10.1. The normalized spacial score (nSPS) is 16.0. The maximum atomic E-state index is 13.1. The summed E-state index contributed by atoms with van der Waals surface area (Å²) in [5, 5.41) is 0.660. The number of carbonyl (C=O) groups excluding carboxylic acids is 2. The SMILES string of the molecule is CCOc1cc(/C=C2/SC(=Nc3c(C)cccc3C)N(CC)C2=O)cc(I)c1OCC(N)=O. The average molecular weight is 579 g/mol. The van der Waals surface area contributed by atoms with Crippen LogP contribution in [0, 0.1) is 17.4 Å². The van der Waals surface area contributed by atoms with E-state index < -0.39 is 5.91 Å². The Bertz CT molecular complexity index is 1130. The van der Waals surface area contributed by atoms with Crippen LogP contribution in [0.4, 0.5) is 5.69 Å². The number of rotatable bonds is 8. The topological polar surface area (TPSA) is 94.2 Å². The van der Waals surface area contributed by atoms with Crippen LogP contribution in [0.15, 0.2) is 40.2 Å². The van der Waals surface area contributed by atoms with Crippen LogP contribution in [-0.4, -0.2) is 41.6 Å². The van der Waals surface area contributed by atoms with Gasteiger partial charge in [-0.15, -0.1) is 0 Å². The number of nitrogens with two attached hydrogens (primary N) is 1. The molecule has 0 bridgehead atoms. The van der Waals surface area contributed by atoms with Crippen molar-refractivity contribution >= 4 is 63.1 Å². The number of primary amides is 1. The number of hydrogen-bond acceptors (Lipinski definition) is 6. The van der Waals surface area contributed by atoms with Gasteiger partial charge in [-0.2, -0.15) is 0 Å². The van der Waals surface area contributed by atoms with Gasteiger partial charge in [0.05, 0.1) is 20.8 Å². The van der Waals surface area contributed by atoms with Crippen LogP contribution >= 0.6 is 34.4 Å². The van der Waals surface area contributed by atoms with Crippen LogP contribution in [0.25, 0.3) is 6.08 Å². The summed E-state index contributed by atoms with van der Waals surface area (Å²) in [7, 11) is 0. The Labute approximate surface area is 211 Å². The van der Waals surface area contributed by atoms with Crippen molar-refractivity contribution in [2.45, 2.75) is 27.7 Å². The summed E-state index contributed by atoms with van der Waals surface area (Å²) in [5.41, 5.74) is 9.00. The second-order valence-electron chi connectivity index (χ2n) is 7.31. The Morgan fingerprint density at radius 1 is 1.21 bits per heavy atom. The molecular weight excluding hydrogens is 553 g/mol. The molecule has 9 heteroatoms. The molecule has 1 saturated heterocycles. The van der Waals surface area contributed by atoms with Gasteiger partial charge in [0.25, 0.3) is 11.8 Å². The van der Waals surface area contributed by atoms with Crippen LogP contribution in [0.1, 0.15) is 30.5 Å². The van der Waals surface area contributed by atoms with E-state index in [2.05, 4.69) is 22.6 Å². The Balaban J connectivity index is 1.98. The third-order valence-electron chi connectivity index (χ3n) is 4.84. The van der Waals surface area contributed by atoms with Gasteiger partial charge in [-0.1, -0.05) is 18.2 Å². The molecule has 3 rings (SSSR count). The van der Waals surface area contributed by atoms with E-state index in [1.807, 2.05) is 58.0 Å². The molecule has 1 aliphatic rings. The quantitative estimate of drug-likeness (QED) is 0.359. The monoisotopic (exact) mass is 579 g/mol. The standard InChI is InChI=1S/C24H26IN3O4S/c1-5-28-23(30)19(33-24(28)27-21-14(3)8-7-9-15(21)4)12-16-10-17(25)22(32-13-20(26)29)18(11-16)31-6-2/h7-12H,5-6,13H2,1-4H3,(H2,26,29)/b19-12+,27-24?. The molecule has 0 aromatic heterocycles. The number of para-hydroxylation sites is 1. The number of carbonyl (C=O) groups is 2. The van der Waals surface area contributed by atoms with Crippen molar-refractivity contribution in [1.29, 1.82) is 0 Å². The molecule has 0 radical (unpaired) electrons. The first kappa shape index (κ1) is 25.1. The van der Waals surface area contributed by atoms with Crippen LogP contribution in [0.5, 0.6) is 11.5 Å². The van der Waals surface area contributed by atoms with E-state index in [0.717, 1.165) is 25.9 Å². The molecule has 0 aliphatic carbocycles. The Morgan fingerprint density at radius 3 is 2.52 bits per heavy atom. The molecule has 2 aromatic carbocycles. The van der Waals surface area contributed by atoms with E-state index in [1.165, 1.54) is 11.8 Å². The van der Waals surface area contributed by atoms with Crippen LogP contribution in [-0.2, 0) is 9.59 Å². The number of aliphatic imine (C=N–C) groups is 1. The number of amidine groups is 1. The minimum atomic E-state index is -0.567. The van der Waals surface area contributed by atoms with Gasteiger partial charge in [0, 0.05) is 6.54 Å². The van der Waals surface area contributed by atoms with Crippen LogP contribution in [0.3, 0.4) is 0 Å². The molecular formula is C24H26IN3O4S. The maximum Gasteiger partial charge on any atom is 0.266 e. The van der Waals surface area contributed by atoms with Gasteiger partial charge in [-0.3, -0.25) is 14.5 Å². The number of halogens is 1. The predicted molar refractivity (Wildman–Crippen MR) is 141 cm³/mol. The summed E-state index contributed by atoms with van der Waals surface area (Å²) in [6.07, 6.45) is 1.82. The van der Waals surface area contributed by atoms with Crippen molar-refractivity contribution in [3.8, 4) is 11.5 Å². The Morgan fingerprint density at radius 2 is 1.91 bits per heavy atom. The lowest BCUT2D eigenvalue weighted by molar-refractivity contribution is -0.122. The summed E-state index contributed by atoms with van der Waals surface area (Å²) in [5.74, 6) is 0.290. The number of aryl methyl sites for hydroxylation is 2. The van der Waals surface area contributed by atoms with E-state index in [9.17, 15) is 9.59 Å². The molecule has 33 heavy (non-hydrogen) atoms. The van der Waals surface area contributed by atoms with Gasteiger partial charge in [-0.25, -0.2) is 4.99 Å². The lowest BCUT2D eigenvalue weighted by Gasteiger charge is -2.14. The first-order valence-electron chi connectivity index (χ1n) is 10.5. The Kier molecular flexibility index (Phi) is 8.41. The highest BCUT2D eigenvalue weighted by molar-refractivity contribution is 14.1. The number of hydrogen-bond donors (Lipinski definition) is 1. The number of thioether (sulfide) groups is 1. The molecule has 1 heterocycles.